The van der Waals surface area contributed by atoms with E-state index in [1.165, 1.54) is 18.2 Å². The first-order valence-electron chi connectivity index (χ1n) is 12.6. The van der Waals surface area contributed by atoms with E-state index in [0.29, 0.717) is 6.04 Å². The van der Waals surface area contributed by atoms with Crippen molar-refractivity contribution in [3.63, 3.8) is 0 Å². The summed E-state index contributed by atoms with van der Waals surface area (Å²) < 4.78 is 3.35. The lowest BCUT2D eigenvalue weighted by Crippen LogP contribution is -2.52. The van der Waals surface area contributed by atoms with E-state index in [4.69, 9.17) is 15.8 Å². The van der Waals surface area contributed by atoms with Crippen LogP contribution >= 0.6 is 11.8 Å². The van der Waals surface area contributed by atoms with Gasteiger partial charge >= 0.3 is 0 Å². The van der Waals surface area contributed by atoms with E-state index in [9.17, 15) is 0 Å². The zero-order valence-corrected chi connectivity index (χ0v) is 22.6. The Hall–Kier alpha value is -3.43. The van der Waals surface area contributed by atoms with Crippen LogP contribution in [0.4, 0.5) is 5.69 Å². The summed E-state index contributed by atoms with van der Waals surface area (Å²) >= 11 is 1.34. The second-order valence-corrected chi connectivity index (χ2v) is 11.8. The van der Waals surface area contributed by atoms with Gasteiger partial charge in [-0.1, -0.05) is 11.8 Å². The van der Waals surface area contributed by atoms with Gasteiger partial charge in [0.25, 0.3) is 0 Å². The first-order valence-corrected chi connectivity index (χ1v) is 13.4. The Morgan fingerprint density at radius 2 is 1.92 bits per heavy atom. The lowest BCUT2D eigenvalue weighted by atomic mass is 10.0. The second kappa shape index (κ2) is 10.1. The molecule has 4 aromatic rings. The molecule has 9 heteroatoms. The average molecular weight is 515 g/mol. The van der Waals surface area contributed by atoms with E-state index < -0.39 is 0 Å². The predicted molar refractivity (Wildman–Crippen MR) is 151 cm³/mol. The molecule has 0 spiro atoms. The highest BCUT2D eigenvalue weighted by molar-refractivity contribution is 8.13. The molecule has 1 aromatic carbocycles. The summed E-state index contributed by atoms with van der Waals surface area (Å²) in [4.78, 5) is 8.10. The first-order chi connectivity index (χ1) is 17.6. The Labute approximate surface area is 221 Å². The van der Waals surface area contributed by atoms with Gasteiger partial charge in [0, 0.05) is 65.5 Å². The summed E-state index contributed by atoms with van der Waals surface area (Å²) in [5.74, 6) is 0. The number of rotatable bonds is 4. The number of aromatic nitrogens is 4. The summed E-state index contributed by atoms with van der Waals surface area (Å²) in [6, 6.07) is 12.4. The number of nitrogens with one attached hydrogen (secondary N) is 3. The molecule has 4 heterocycles. The number of fused-ring (bicyclic) bond motifs is 1. The molecule has 0 saturated carbocycles. The van der Waals surface area contributed by atoms with Crippen LogP contribution in [0, 0.1) is 10.8 Å². The lowest BCUT2D eigenvalue weighted by molar-refractivity contribution is 0.323. The van der Waals surface area contributed by atoms with Crippen LogP contribution in [-0.4, -0.2) is 49.2 Å². The van der Waals surface area contributed by atoms with Crippen LogP contribution in [0.1, 0.15) is 33.6 Å². The number of piperidine rings is 1. The van der Waals surface area contributed by atoms with Crippen LogP contribution in [0.25, 0.3) is 22.0 Å². The number of thioether (sulfide) groups is 1. The minimum absolute atomic E-state index is 0.0976. The van der Waals surface area contributed by atoms with Gasteiger partial charge in [-0.25, -0.2) is 0 Å². The van der Waals surface area contributed by atoms with Crippen LogP contribution in [0.15, 0.2) is 66.1 Å². The van der Waals surface area contributed by atoms with E-state index in [0.717, 1.165) is 52.1 Å². The normalized spacial score (nSPS) is 16.3. The molecule has 5 rings (SSSR count). The van der Waals surface area contributed by atoms with E-state index in [2.05, 4.69) is 48.2 Å². The Kier molecular flexibility index (Phi) is 6.92. The van der Waals surface area contributed by atoms with Crippen LogP contribution in [-0.2, 0) is 7.05 Å². The number of hydrogen-bond donors (Lipinski definition) is 3. The number of hydrogen-bond acceptors (Lipinski definition) is 7. The van der Waals surface area contributed by atoms with Gasteiger partial charge in [0.05, 0.1) is 23.6 Å². The second-order valence-electron chi connectivity index (χ2n) is 10.7. The van der Waals surface area contributed by atoms with Crippen LogP contribution < -0.4 is 15.7 Å². The van der Waals surface area contributed by atoms with Crippen molar-refractivity contribution < 1.29 is 0 Å². The molecule has 1 aliphatic heterocycles. The largest absolute Gasteiger partial charge is 0.369 e. The summed E-state index contributed by atoms with van der Waals surface area (Å²) in [6.07, 6.45) is 9.87. The highest BCUT2D eigenvalue weighted by Gasteiger charge is 2.24. The summed E-state index contributed by atoms with van der Waals surface area (Å²) in [6.45, 7) is 8.66. The number of anilines is 1. The number of benzene rings is 1. The maximum Gasteiger partial charge on any atom is 0.171 e. The van der Waals surface area contributed by atoms with Gasteiger partial charge in [-0.15, -0.1) is 0 Å². The van der Waals surface area contributed by atoms with E-state index in [-0.39, 0.29) is 16.2 Å². The molecular weight excluding hydrogens is 480 g/mol. The molecule has 8 nitrogen and oxygen atoms in total. The molecule has 37 heavy (non-hydrogen) atoms. The Bertz CT molecular complexity index is 1500. The Balaban J connectivity index is 1.36. The van der Waals surface area contributed by atoms with Crippen molar-refractivity contribution in [1.29, 1.82) is 10.8 Å². The highest BCUT2D eigenvalue weighted by Crippen LogP contribution is 2.28. The molecule has 0 amide bonds. The molecular formula is C28H34N8S. The number of nitrogens with zero attached hydrogens (tertiary/aromatic N) is 5. The number of pyridine rings is 2. The topological polar surface area (TPSA) is 98.6 Å². The van der Waals surface area contributed by atoms with Crippen molar-refractivity contribution in [2.45, 2.75) is 50.1 Å². The fraction of sp³-hybridized carbons (Fsp3) is 0.357. The summed E-state index contributed by atoms with van der Waals surface area (Å²) in [5.41, 5.74) is 4.31. The molecule has 192 valence electrons. The predicted octanol–water partition coefficient (Wildman–Crippen LogP) is 4.85. The molecule has 0 radical (unpaired) electrons. The van der Waals surface area contributed by atoms with Crippen molar-refractivity contribution in [3.8, 4) is 11.1 Å². The fourth-order valence-corrected chi connectivity index (χ4v) is 5.64. The zero-order chi connectivity index (χ0) is 26.2. The molecule has 3 N–H and O–H groups in total. The highest BCUT2D eigenvalue weighted by atomic mass is 32.2. The fourth-order valence-electron chi connectivity index (χ4n) is 4.85. The van der Waals surface area contributed by atoms with Gasteiger partial charge in [0.2, 0.25) is 0 Å². The van der Waals surface area contributed by atoms with E-state index in [1.54, 1.807) is 21.5 Å². The molecule has 0 aliphatic carbocycles. The van der Waals surface area contributed by atoms with Gasteiger partial charge in [0.15, 0.2) is 5.17 Å². The third-order valence-electron chi connectivity index (χ3n) is 6.48. The van der Waals surface area contributed by atoms with Gasteiger partial charge in [-0.3, -0.25) is 25.1 Å². The number of aryl methyl sites for hydroxylation is 1. The minimum atomic E-state index is 0.0976. The smallest absolute Gasteiger partial charge is 0.171 e. The Morgan fingerprint density at radius 3 is 2.68 bits per heavy atom. The third-order valence-corrected chi connectivity index (χ3v) is 7.36. The molecule has 1 saturated heterocycles. The third kappa shape index (κ3) is 5.94. The maximum atomic E-state index is 8.73. The van der Waals surface area contributed by atoms with Crippen molar-refractivity contribution in [1.82, 2.24) is 24.6 Å². The van der Waals surface area contributed by atoms with Crippen LogP contribution in [0.2, 0.25) is 0 Å². The average Bonchev–Trinajstić information content (AvgIpc) is 3.29. The van der Waals surface area contributed by atoms with E-state index >= 15 is 0 Å². The molecule has 3 aromatic heterocycles. The minimum Gasteiger partial charge on any atom is -0.369 e. The van der Waals surface area contributed by atoms with Crippen molar-refractivity contribution in [3.05, 3.63) is 66.7 Å². The van der Waals surface area contributed by atoms with Crippen molar-refractivity contribution >= 4 is 33.5 Å². The molecule has 1 aliphatic rings. The van der Waals surface area contributed by atoms with Gasteiger partial charge < -0.3 is 10.2 Å². The van der Waals surface area contributed by atoms with Gasteiger partial charge in [0.1, 0.15) is 5.49 Å². The maximum absolute atomic E-state index is 8.73. The molecule has 1 atom stereocenters. The Morgan fingerprint density at radius 1 is 1.08 bits per heavy atom. The van der Waals surface area contributed by atoms with Gasteiger partial charge in [-0.05, 0) is 70.0 Å². The van der Waals surface area contributed by atoms with Crippen LogP contribution in [0.5, 0.6) is 0 Å². The van der Waals surface area contributed by atoms with E-state index in [1.807, 2.05) is 43.8 Å². The SMILES string of the molecule is Cn1cc(-c2ccc(=N)n(C(=N)Sc3ccc4ncc(N5CCCC(NC(C)(C)C)C5)cc4c3)c2)cn1. The first kappa shape index (κ1) is 25.2. The standard InChI is InChI=1S/C28H34N8S/c1-28(2,3)33-22-6-5-11-35(18-22)23-12-20-13-24(8-9-25(20)31-15-23)37-27(30)36-17-19(7-10-26(36)29)21-14-32-34(4)16-21/h7-10,12-17,22,29-30,33H,5-6,11,18H2,1-4H3. The molecule has 0 bridgehead atoms. The summed E-state index contributed by atoms with van der Waals surface area (Å²) in [5, 5.41) is 26.4. The van der Waals surface area contributed by atoms with Crippen LogP contribution in [0.3, 0.4) is 0 Å². The monoisotopic (exact) mass is 514 g/mol. The van der Waals surface area contributed by atoms with Crippen molar-refractivity contribution in [2.75, 3.05) is 18.0 Å². The molecule has 1 unspecified atom stereocenters. The zero-order valence-electron chi connectivity index (χ0n) is 21.8. The van der Waals surface area contributed by atoms with Crippen molar-refractivity contribution in [2.24, 2.45) is 7.05 Å². The quantitative estimate of drug-likeness (QED) is 0.205. The van der Waals surface area contributed by atoms with Gasteiger partial charge in [-0.2, -0.15) is 5.10 Å². The molecule has 1 fully saturated rings. The summed E-state index contributed by atoms with van der Waals surface area (Å²) in [7, 11) is 1.88. The lowest BCUT2D eigenvalue weighted by Gasteiger charge is -2.38.